The van der Waals surface area contributed by atoms with Gasteiger partial charge >= 0.3 is 11.9 Å². The van der Waals surface area contributed by atoms with E-state index in [2.05, 4.69) is 71.1 Å². The van der Waals surface area contributed by atoms with Crippen LogP contribution in [0.3, 0.4) is 0 Å². The molecule has 33 heavy (non-hydrogen) atoms. The van der Waals surface area contributed by atoms with Gasteiger partial charge in [0, 0.05) is 3.57 Å². The van der Waals surface area contributed by atoms with Crippen LogP contribution in [0, 0.1) is 3.57 Å². The number of hydrogen-bond acceptors (Lipinski definition) is 5. The Bertz CT molecular complexity index is 1040. The zero-order valence-electron chi connectivity index (χ0n) is 17.9. The second-order valence-electron chi connectivity index (χ2n) is 6.84. The average molecular weight is 689 g/mol. The van der Waals surface area contributed by atoms with Crippen LogP contribution in [-0.4, -0.2) is 35.7 Å². The fourth-order valence-electron chi connectivity index (χ4n) is 2.80. The first kappa shape index (κ1) is 25.8. The number of esters is 2. The summed E-state index contributed by atoms with van der Waals surface area (Å²) in [4.78, 5) is 26.9. The van der Waals surface area contributed by atoms with Crippen molar-refractivity contribution < 1.29 is 23.8 Å². The topological polar surface area (TPSA) is 61.8 Å². The molecule has 172 valence electrons. The van der Waals surface area contributed by atoms with Crippen LogP contribution >= 0.6 is 45.2 Å². The van der Waals surface area contributed by atoms with Crippen LogP contribution in [0.25, 0.3) is 0 Å². The second kappa shape index (κ2) is 13.2. The van der Waals surface area contributed by atoms with Crippen molar-refractivity contribution in [2.75, 3.05) is 19.8 Å². The van der Waals surface area contributed by atoms with E-state index in [1.807, 2.05) is 52.9 Å². The lowest BCUT2D eigenvalue weighted by Gasteiger charge is -2.10. The summed E-state index contributed by atoms with van der Waals surface area (Å²) in [5.41, 5.74) is 0. The van der Waals surface area contributed by atoms with Gasteiger partial charge in [0.25, 0.3) is 0 Å². The van der Waals surface area contributed by atoms with Gasteiger partial charge in [-0.2, -0.15) is 0 Å². The molecule has 2 atom stereocenters. The van der Waals surface area contributed by atoms with E-state index in [9.17, 15) is 9.59 Å². The molecule has 2 unspecified atom stereocenters. The monoisotopic (exact) mass is 689 g/mol. The molecule has 0 aliphatic rings. The fraction of sp³-hybridized carbons (Fsp3) is 0.200. The molecule has 0 aliphatic carbocycles. The maximum absolute atomic E-state index is 11.9. The molecule has 0 saturated carbocycles. The van der Waals surface area contributed by atoms with Gasteiger partial charge in [0.15, 0.2) is 21.3 Å². The molecular weight excluding hydrogens is 666 g/mol. The lowest BCUT2D eigenvalue weighted by molar-refractivity contribution is -0.152. The molecule has 3 aromatic carbocycles. The predicted molar refractivity (Wildman–Crippen MR) is 145 cm³/mol. The van der Waals surface area contributed by atoms with Gasteiger partial charge in [-0.25, -0.2) is 4.79 Å². The molecular formula is C25H23I2O5S+. The van der Waals surface area contributed by atoms with Gasteiger partial charge in [-0.05, 0) is 90.2 Å². The number of alkyl halides is 1. The third-order valence-corrected chi connectivity index (χ3v) is 7.82. The van der Waals surface area contributed by atoms with Crippen molar-refractivity contribution in [1.82, 2.24) is 0 Å². The van der Waals surface area contributed by atoms with Crippen LogP contribution in [0.15, 0.2) is 93.5 Å². The van der Waals surface area contributed by atoms with Gasteiger partial charge in [0.05, 0.1) is 10.9 Å². The summed E-state index contributed by atoms with van der Waals surface area (Å²) < 4.78 is 16.5. The first-order valence-electron chi connectivity index (χ1n) is 10.2. The highest BCUT2D eigenvalue weighted by Crippen LogP contribution is 2.32. The Labute approximate surface area is 223 Å². The number of carbonyl (C=O) groups is 2. The molecule has 0 N–H and O–H groups in total. The van der Waals surface area contributed by atoms with E-state index < -0.39 is 5.97 Å². The molecule has 0 spiro atoms. The van der Waals surface area contributed by atoms with Gasteiger partial charge in [-0.1, -0.05) is 40.8 Å². The van der Waals surface area contributed by atoms with Gasteiger partial charge in [0.1, 0.15) is 22.9 Å². The highest BCUT2D eigenvalue weighted by atomic mass is 127. The van der Waals surface area contributed by atoms with E-state index >= 15 is 0 Å². The highest BCUT2D eigenvalue weighted by Gasteiger charge is 2.28. The summed E-state index contributed by atoms with van der Waals surface area (Å²) in [5, 5.41) is 0. The van der Waals surface area contributed by atoms with Crippen molar-refractivity contribution >= 4 is 68.0 Å². The van der Waals surface area contributed by atoms with Crippen LogP contribution in [-0.2, 0) is 30.0 Å². The van der Waals surface area contributed by atoms with Crippen LogP contribution in [0.4, 0.5) is 0 Å². The van der Waals surface area contributed by atoms with Crippen LogP contribution in [0.2, 0.25) is 0 Å². The smallest absolute Gasteiger partial charge is 0.344 e. The zero-order valence-corrected chi connectivity index (χ0v) is 23.0. The normalized spacial score (nSPS) is 12.5. The number of halogens is 2. The van der Waals surface area contributed by atoms with Gasteiger partial charge < -0.3 is 14.2 Å². The SMILES string of the molecule is CC(I)C(=O)OCCOC(=O)COc1ccc([S+](c2ccccc2)c2ccc(I)cc2)cc1. The Morgan fingerprint density at radius 1 is 0.818 bits per heavy atom. The largest absolute Gasteiger partial charge is 0.482 e. The molecule has 0 radical (unpaired) electrons. The van der Waals surface area contributed by atoms with E-state index in [-0.39, 0.29) is 40.6 Å². The number of hydrogen-bond donors (Lipinski definition) is 0. The lowest BCUT2D eigenvalue weighted by Crippen LogP contribution is -2.20. The van der Waals surface area contributed by atoms with Crippen molar-refractivity contribution in [3.63, 3.8) is 0 Å². The van der Waals surface area contributed by atoms with E-state index in [0.29, 0.717) is 5.75 Å². The molecule has 3 aromatic rings. The number of carbonyl (C=O) groups excluding carboxylic acids is 2. The maximum Gasteiger partial charge on any atom is 0.344 e. The molecule has 0 aliphatic heterocycles. The molecule has 0 fully saturated rings. The second-order valence-corrected chi connectivity index (χ2v) is 12.0. The fourth-order valence-corrected chi connectivity index (χ4v) is 5.41. The molecule has 0 saturated heterocycles. The third kappa shape index (κ3) is 8.18. The minimum Gasteiger partial charge on any atom is -0.482 e. The number of rotatable bonds is 10. The van der Waals surface area contributed by atoms with Crippen molar-refractivity contribution in [3.05, 3.63) is 82.4 Å². The van der Waals surface area contributed by atoms with E-state index in [0.717, 1.165) is 4.90 Å². The molecule has 0 bridgehead atoms. The highest BCUT2D eigenvalue weighted by molar-refractivity contribution is 14.1. The van der Waals surface area contributed by atoms with E-state index in [1.54, 1.807) is 6.92 Å². The first-order chi connectivity index (χ1) is 15.9. The number of ether oxygens (including phenoxy) is 3. The Balaban J connectivity index is 1.59. The number of benzene rings is 3. The Morgan fingerprint density at radius 3 is 1.97 bits per heavy atom. The molecule has 0 aromatic heterocycles. The average Bonchev–Trinajstić information content (AvgIpc) is 2.83. The summed E-state index contributed by atoms with van der Waals surface area (Å²) in [6.07, 6.45) is 0. The quantitative estimate of drug-likeness (QED) is 0.0903. The van der Waals surface area contributed by atoms with Crippen molar-refractivity contribution in [3.8, 4) is 5.75 Å². The van der Waals surface area contributed by atoms with E-state index in [4.69, 9.17) is 14.2 Å². The lowest BCUT2D eigenvalue weighted by atomic mass is 10.3. The van der Waals surface area contributed by atoms with Crippen molar-refractivity contribution in [1.29, 1.82) is 0 Å². The Kier molecular flexibility index (Phi) is 10.3. The standard InChI is InChI=1S/C25H23I2O5S/c1-18(26)25(29)31-16-15-30-24(28)17-32-20-9-13-23(14-10-20)33(21-5-3-2-4-6-21)22-11-7-19(27)8-12-22/h2-14,18H,15-17H2,1H3/q+1. The molecule has 8 heteroatoms. The van der Waals surface area contributed by atoms with Crippen molar-refractivity contribution in [2.45, 2.75) is 25.5 Å². The minimum absolute atomic E-state index is 0.00607. The molecule has 0 amide bonds. The summed E-state index contributed by atoms with van der Waals surface area (Å²) in [7, 11) is -0.249. The molecule has 3 rings (SSSR count). The van der Waals surface area contributed by atoms with Gasteiger partial charge in [0.2, 0.25) is 0 Å². The Morgan fingerprint density at radius 2 is 1.36 bits per heavy atom. The van der Waals surface area contributed by atoms with Crippen LogP contribution < -0.4 is 4.74 Å². The maximum atomic E-state index is 11.9. The summed E-state index contributed by atoms with van der Waals surface area (Å²) >= 11 is 4.28. The minimum atomic E-state index is -0.513. The van der Waals surface area contributed by atoms with Crippen LogP contribution in [0.1, 0.15) is 6.92 Å². The summed E-state index contributed by atoms with van der Waals surface area (Å²) in [5.74, 6) is -0.261. The van der Waals surface area contributed by atoms with Crippen LogP contribution in [0.5, 0.6) is 5.75 Å². The third-order valence-electron chi connectivity index (χ3n) is 4.36. The summed E-state index contributed by atoms with van der Waals surface area (Å²) in [6.45, 7) is 1.56. The van der Waals surface area contributed by atoms with Gasteiger partial charge in [-0.3, -0.25) is 4.79 Å². The predicted octanol–water partition coefficient (Wildman–Crippen LogP) is 5.68. The Hall–Kier alpha value is -1.79. The van der Waals surface area contributed by atoms with Gasteiger partial charge in [-0.15, -0.1) is 0 Å². The zero-order chi connectivity index (χ0) is 23.6. The summed E-state index contributed by atoms with van der Waals surface area (Å²) in [6, 6.07) is 26.7. The van der Waals surface area contributed by atoms with E-state index in [1.165, 1.54) is 13.4 Å². The molecule has 0 heterocycles. The van der Waals surface area contributed by atoms with Crippen molar-refractivity contribution in [2.24, 2.45) is 0 Å². The first-order valence-corrected chi connectivity index (χ1v) is 13.7. The molecule has 5 nitrogen and oxygen atoms in total.